The van der Waals surface area contributed by atoms with Gasteiger partial charge in [0, 0.05) is 27.2 Å². The first-order valence-electron chi connectivity index (χ1n) is 6.24. The third-order valence-electron chi connectivity index (χ3n) is 3.41. The Morgan fingerprint density at radius 1 is 1.37 bits per heavy atom. The van der Waals surface area contributed by atoms with Crippen LogP contribution in [0.4, 0.5) is 5.82 Å². The molecule has 19 heavy (non-hydrogen) atoms. The number of carbonyl (C=O) groups is 1. The van der Waals surface area contributed by atoms with Crippen molar-refractivity contribution in [2.45, 2.75) is 13.3 Å². The van der Waals surface area contributed by atoms with E-state index in [0.29, 0.717) is 11.5 Å². The highest BCUT2D eigenvalue weighted by Crippen LogP contribution is 2.24. The Morgan fingerprint density at radius 3 is 2.68 bits per heavy atom. The molecule has 0 aromatic carbocycles. The van der Waals surface area contributed by atoms with Crippen molar-refractivity contribution in [3.63, 3.8) is 0 Å². The zero-order valence-corrected chi connectivity index (χ0v) is 12.3. The highest BCUT2D eigenvalue weighted by Gasteiger charge is 2.25. The molecule has 6 nitrogen and oxygen atoms in total. The predicted octanol–water partition coefficient (Wildman–Crippen LogP) is 0.0312. The molecule has 0 bridgehead atoms. The number of amides is 1. The SMILES string of the molecule is Cc1nn(C)c(N2CCCN(C)C(=O)C2)c1C(N)=S. The van der Waals surface area contributed by atoms with Crippen LogP contribution in [0.15, 0.2) is 0 Å². The molecule has 0 unspecified atom stereocenters. The molecule has 1 saturated heterocycles. The van der Waals surface area contributed by atoms with Gasteiger partial charge in [0.05, 0.1) is 17.8 Å². The van der Waals surface area contributed by atoms with E-state index < -0.39 is 0 Å². The summed E-state index contributed by atoms with van der Waals surface area (Å²) >= 11 is 5.11. The van der Waals surface area contributed by atoms with E-state index in [2.05, 4.69) is 5.10 Å². The lowest BCUT2D eigenvalue weighted by atomic mass is 10.2. The van der Waals surface area contributed by atoms with E-state index in [9.17, 15) is 4.79 Å². The predicted molar refractivity (Wildman–Crippen MR) is 78.3 cm³/mol. The summed E-state index contributed by atoms with van der Waals surface area (Å²) in [7, 11) is 3.68. The van der Waals surface area contributed by atoms with Crippen LogP contribution in [0.1, 0.15) is 17.7 Å². The molecule has 0 atom stereocenters. The van der Waals surface area contributed by atoms with Crippen LogP contribution in [0, 0.1) is 6.92 Å². The highest BCUT2D eigenvalue weighted by molar-refractivity contribution is 7.80. The van der Waals surface area contributed by atoms with E-state index >= 15 is 0 Å². The molecule has 0 saturated carbocycles. The summed E-state index contributed by atoms with van der Waals surface area (Å²) in [5.41, 5.74) is 7.37. The Labute approximate surface area is 118 Å². The summed E-state index contributed by atoms with van der Waals surface area (Å²) in [5.74, 6) is 0.943. The number of nitrogens with zero attached hydrogens (tertiary/aromatic N) is 4. The zero-order chi connectivity index (χ0) is 14.2. The van der Waals surface area contributed by atoms with Crippen LogP contribution in [-0.4, -0.2) is 52.3 Å². The third kappa shape index (κ3) is 2.56. The average molecular weight is 281 g/mol. The first kappa shape index (κ1) is 13.8. The van der Waals surface area contributed by atoms with Crippen LogP contribution in [0.5, 0.6) is 0 Å². The van der Waals surface area contributed by atoms with Gasteiger partial charge in [-0.3, -0.25) is 9.48 Å². The lowest BCUT2D eigenvalue weighted by molar-refractivity contribution is -0.127. The molecule has 0 aliphatic carbocycles. The maximum Gasteiger partial charge on any atom is 0.241 e. The van der Waals surface area contributed by atoms with Crippen molar-refractivity contribution in [1.29, 1.82) is 0 Å². The third-order valence-corrected chi connectivity index (χ3v) is 3.62. The Hall–Kier alpha value is -1.63. The van der Waals surface area contributed by atoms with E-state index in [1.165, 1.54) is 0 Å². The second-order valence-corrected chi connectivity index (χ2v) is 5.30. The van der Waals surface area contributed by atoms with Gasteiger partial charge in [-0.15, -0.1) is 0 Å². The number of aromatic nitrogens is 2. The molecule has 2 heterocycles. The second-order valence-electron chi connectivity index (χ2n) is 4.86. The van der Waals surface area contributed by atoms with Crippen molar-refractivity contribution in [1.82, 2.24) is 14.7 Å². The van der Waals surface area contributed by atoms with Crippen LogP contribution in [0.25, 0.3) is 0 Å². The molecule has 2 rings (SSSR count). The molecular weight excluding hydrogens is 262 g/mol. The lowest BCUT2D eigenvalue weighted by Gasteiger charge is -2.23. The summed E-state index contributed by atoms with van der Waals surface area (Å²) in [6.07, 6.45) is 0.920. The van der Waals surface area contributed by atoms with Crippen LogP contribution < -0.4 is 10.6 Å². The van der Waals surface area contributed by atoms with Gasteiger partial charge >= 0.3 is 0 Å². The van der Waals surface area contributed by atoms with Gasteiger partial charge in [-0.2, -0.15) is 5.10 Å². The summed E-state index contributed by atoms with van der Waals surface area (Å²) in [6, 6.07) is 0. The Kier molecular flexibility index (Phi) is 3.75. The topological polar surface area (TPSA) is 67.4 Å². The average Bonchev–Trinajstić information content (AvgIpc) is 2.51. The molecule has 104 valence electrons. The van der Waals surface area contributed by atoms with Gasteiger partial charge in [0.1, 0.15) is 10.8 Å². The monoisotopic (exact) mass is 281 g/mol. The fraction of sp³-hybridized carbons (Fsp3) is 0.583. The molecular formula is C12H19N5OS. The standard InChI is InChI=1S/C12H19N5OS/c1-8-10(11(13)19)12(16(3)14-8)17-6-4-5-15(2)9(18)7-17/h4-7H2,1-3H3,(H2,13,19). The first-order valence-corrected chi connectivity index (χ1v) is 6.65. The van der Waals surface area contributed by atoms with Gasteiger partial charge in [0.25, 0.3) is 0 Å². The number of aryl methyl sites for hydroxylation is 2. The van der Waals surface area contributed by atoms with Crippen LogP contribution in [0.2, 0.25) is 0 Å². The number of thiocarbonyl (C=S) groups is 1. The van der Waals surface area contributed by atoms with Gasteiger partial charge in [0.2, 0.25) is 5.91 Å². The van der Waals surface area contributed by atoms with Crippen LogP contribution >= 0.6 is 12.2 Å². The zero-order valence-electron chi connectivity index (χ0n) is 11.5. The van der Waals surface area contributed by atoms with Crippen molar-refractivity contribution >= 4 is 28.9 Å². The minimum atomic E-state index is 0.102. The van der Waals surface area contributed by atoms with Crippen molar-refractivity contribution < 1.29 is 4.79 Å². The molecule has 1 aromatic heterocycles. The van der Waals surface area contributed by atoms with Gasteiger partial charge in [0.15, 0.2) is 0 Å². The molecule has 1 aromatic rings. The Bertz CT molecular complexity index is 524. The summed E-state index contributed by atoms with van der Waals surface area (Å²) in [5, 5.41) is 4.36. The largest absolute Gasteiger partial charge is 0.389 e. The molecule has 0 spiro atoms. The minimum Gasteiger partial charge on any atom is -0.389 e. The van der Waals surface area contributed by atoms with Crippen molar-refractivity contribution in [3.8, 4) is 0 Å². The van der Waals surface area contributed by atoms with E-state index in [-0.39, 0.29) is 5.91 Å². The molecule has 2 N–H and O–H groups in total. The highest BCUT2D eigenvalue weighted by atomic mass is 32.1. The van der Waals surface area contributed by atoms with Gasteiger partial charge in [-0.05, 0) is 13.3 Å². The molecule has 1 amide bonds. The summed E-state index contributed by atoms with van der Waals surface area (Å²) in [4.78, 5) is 16.1. The fourth-order valence-corrected chi connectivity index (χ4v) is 2.70. The molecule has 1 aliphatic heterocycles. The number of anilines is 1. The van der Waals surface area contributed by atoms with Gasteiger partial charge in [-0.1, -0.05) is 12.2 Å². The number of carbonyl (C=O) groups excluding carboxylic acids is 1. The number of hydrogen-bond donors (Lipinski definition) is 1. The maximum absolute atomic E-state index is 12.0. The van der Waals surface area contributed by atoms with E-state index in [1.54, 1.807) is 9.58 Å². The van der Waals surface area contributed by atoms with Crippen LogP contribution in [0.3, 0.4) is 0 Å². The van der Waals surface area contributed by atoms with Crippen molar-refractivity contribution in [2.24, 2.45) is 12.8 Å². The molecule has 7 heteroatoms. The summed E-state index contributed by atoms with van der Waals surface area (Å²) < 4.78 is 1.75. The normalized spacial score (nSPS) is 16.7. The van der Waals surface area contributed by atoms with Gasteiger partial charge in [-0.25, -0.2) is 0 Å². The smallest absolute Gasteiger partial charge is 0.241 e. The fourth-order valence-electron chi connectivity index (χ4n) is 2.46. The molecule has 1 aliphatic rings. The molecule has 0 radical (unpaired) electrons. The van der Waals surface area contributed by atoms with Crippen molar-refractivity contribution in [2.75, 3.05) is 31.6 Å². The lowest BCUT2D eigenvalue weighted by Crippen LogP contribution is -2.36. The number of likely N-dealkylation sites (N-methyl/N-ethyl adjacent to an activating group) is 1. The first-order chi connectivity index (χ1) is 8.91. The second kappa shape index (κ2) is 5.16. The van der Waals surface area contributed by atoms with E-state index in [0.717, 1.165) is 36.6 Å². The quantitative estimate of drug-likeness (QED) is 0.775. The maximum atomic E-state index is 12.0. The number of rotatable bonds is 2. The number of nitrogens with two attached hydrogens (primary N) is 1. The molecule has 1 fully saturated rings. The number of hydrogen-bond acceptors (Lipinski definition) is 4. The van der Waals surface area contributed by atoms with E-state index in [4.69, 9.17) is 18.0 Å². The van der Waals surface area contributed by atoms with Crippen LogP contribution in [-0.2, 0) is 11.8 Å². The Balaban J connectivity index is 2.41. The van der Waals surface area contributed by atoms with Gasteiger partial charge < -0.3 is 15.5 Å². The van der Waals surface area contributed by atoms with E-state index in [1.807, 2.05) is 25.9 Å². The Morgan fingerprint density at radius 2 is 2.05 bits per heavy atom. The summed E-state index contributed by atoms with van der Waals surface area (Å²) in [6.45, 7) is 3.79. The van der Waals surface area contributed by atoms with Crippen molar-refractivity contribution in [3.05, 3.63) is 11.3 Å². The minimum absolute atomic E-state index is 0.102.